The Labute approximate surface area is 203 Å². The van der Waals surface area contributed by atoms with Crippen molar-refractivity contribution >= 4 is 17.5 Å². The number of aliphatic hydroxyl groups excluding tert-OH is 1. The second kappa shape index (κ2) is 13.0. The Kier molecular flexibility index (Phi) is 10.5. The molecule has 3 N–H and O–H groups in total. The lowest BCUT2D eigenvalue weighted by Gasteiger charge is -2.23. The van der Waals surface area contributed by atoms with Gasteiger partial charge in [0.15, 0.2) is 0 Å². The van der Waals surface area contributed by atoms with Crippen molar-refractivity contribution in [3.05, 3.63) is 71.1 Å². The molecule has 2 bridgehead atoms. The molecule has 0 unspecified atom stereocenters. The number of amides is 1. The van der Waals surface area contributed by atoms with Crippen LogP contribution in [-0.2, 0) is 14.4 Å². The van der Waals surface area contributed by atoms with Gasteiger partial charge in [-0.3, -0.25) is 14.4 Å². The predicted octanol–water partition coefficient (Wildman–Crippen LogP) is 4.21. The largest absolute Gasteiger partial charge is 0.393 e. The van der Waals surface area contributed by atoms with Crippen LogP contribution in [0.5, 0.6) is 0 Å². The van der Waals surface area contributed by atoms with E-state index in [2.05, 4.69) is 30.2 Å². The van der Waals surface area contributed by atoms with E-state index in [1.165, 1.54) is 11.6 Å². The highest BCUT2D eigenvalue weighted by Crippen LogP contribution is 2.27. The quantitative estimate of drug-likeness (QED) is 0.428. The molecule has 6 nitrogen and oxygen atoms in total. The van der Waals surface area contributed by atoms with Gasteiger partial charge in [0, 0.05) is 29.7 Å². The average Bonchev–Trinajstić information content (AvgIpc) is 2.79. The van der Waals surface area contributed by atoms with E-state index in [9.17, 15) is 19.5 Å². The first kappa shape index (κ1) is 27.3. The lowest BCUT2D eigenvalue weighted by Crippen LogP contribution is -2.36. The number of aliphatic hydroxyl groups is 1. The van der Waals surface area contributed by atoms with Crippen molar-refractivity contribution < 1.29 is 19.5 Å². The molecule has 0 aromatic rings. The van der Waals surface area contributed by atoms with Crippen molar-refractivity contribution in [1.29, 1.82) is 0 Å². The van der Waals surface area contributed by atoms with E-state index in [0.717, 1.165) is 12.8 Å². The minimum Gasteiger partial charge on any atom is -0.393 e. The maximum atomic E-state index is 13.3. The van der Waals surface area contributed by atoms with Crippen molar-refractivity contribution in [3.8, 4) is 0 Å². The third kappa shape index (κ3) is 7.80. The first-order valence-corrected chi connectivity index (χ1v) is 12.0. The van der Waals surface area contributed by atoms with Gasteiger partial charge in [-0.05, 0) is 51.9 Å². The summed E-state index contributed by atoms with van der Waals surface area (Å²) in [6, 6.07) is 0. The first-order valence-electron chi connectivity index (χ1n) is 12.0. The van der Waals surface area contributed by atoms with Crippen molar-refractivity contribution in [3.63, 3.8) is 0 Å². The zero-order valence-electron chi connectivity index (χ0n) is 20.8. The maximum absolute atomic E-state index is 13.3. The molecule has 0 fully saturated rings. The van der Waals surface area contributed by atoms with Crippen LogP contribution in [0.3, 0.4) is 0 Å². The molecular weight excluding hydrogens is 428 g/mol. The van der Waals surface area contributed by atoms with Gasteiger partial charge in [0.05, 0.1) is 17.5 Å². The monoisotopic (exact) mass is 466 g/mol. The molecule has 0 saturated carbocycles. The van der Waals surface area contributed by atoms with Crippen LogP contribution in [-0.4, -0.2) is 35.2 Å². The van der Waals surface area contributed by atoms with E-state index in [-0.39, 0.29) is 34.8 Å². The number of fused-ring (bicyclic) bond motifs is 2. The number of hydrogen-bond acceptors (Lipinski definition) is 5. The Bertz CT molecular complexity index is 965. The highest BCUT2D eigenvalue weighted by molar-refractivity contribution is 6.23. The maximum Gasteiger partial charge on any atom is 0.251 e. The second-order valence-electron chi connectivity index (χ2n) is 9.37. The van der Waals surface area contributed by atoms with Gasteiger partial charge in [0.25, 0.3) is 5.91 Å². The van der Waals surface area contributed by atoms with Gasteiger partial charge in [0.2, 0.25) is 11.6 Å². The fourth-order valence-corrected chi connectivity index (χ4v) is 4.08. The van der Waals surface area contributed by atoms with Crippen LogP contribution >= 0.6 is 0 Å². The van der Waals surface area contributed by atoms with Crippen LogP contribution in [0, 0.1) is 11.8 Å². The number of allylic oxidation sites excluding steroid dienone is 6. The Morgan fingerprint density at radius 2 is 1.94 bits per heavy atom. The highest BCUT2D eigenvalue weighted by Gasteiger charge is 2.30. The molecule has 184 valence electrons. The zero-order chi connectivity index (χ0) is 25.3. The van der Waals surface area contributed by atoms with Gasteiger partial charge in [-0.1, -0.05) is 49.8 Å². The summed E-state index contributed by atoms with van der Waals surface area (Å²) in [5, 5.41) is 16.3. The molecule has 3 atom stereocenters. The predicted molar refractivity (Wildman–Crippen MR) is 136 cm³/mol. The number of ketones is 2. The van der Waals surface area contributed by atoms with Gasteiger partial charge in [0.1, 0.15) is 0 Å². The summed E-state index contributed by atoms with van der Waals surface area (Å²) in [6.07, 6.45) is 13.3. The van der Waals surface area contributed by atoms with Crippen molar-refractivity contribution in [2.75, 3.05) is 6.54 Å². The molecule has 0 spiro atoms. The average molecular weight is 467 g/mol. The molecule has 0 aromatic heterocycles. The number of hydrogen-bond donors (Lipinski definition) is 3. The van der Waals surface area contributed by atoms with E-state index >= 15 is 0 Å². The summed E-state index contributed by atoms with van der Waals surface area (Å²) in [6.45, 7) is 11.8. The number of rotatable bonds is 3. The van der Waals surface area contributed by atoms with E-state index in [0.29, 0.717) is 37.0 Å². The molecule has 34 heavy (non-hydrogen) atoms. The fourth-order valence-electron chi connectivity index (χ4n) is 4.08. The molecule has 1 aliphatic carbocycles. The van der Waals surface area contributed by atoms with Gasteiger partial charge < -0.3 is 15.7 Å². The number of carbonyl (C=O) groups excluding carboxylic acids is 3. The Morgan fingerprint density at radius 1 is 1.21 bits per heavy atom. The summed E-state index contributed by atoms with van der Waals surface area (Å²) in [5.74, 6) is -1.04. The van der Waals surface area contributed by atoms with Gasteiger partial charge in [-0.25, -0.2) is 0 Å². The Morgan fingerprint density at radius 3 is 2.65 bits per heavy atom. The lowest BCUT2D eigenvalue weighted by atomic mass is 9.86. The van der Waals surface area contributed by atoms with Crippen LogP contribution in [0.1, 0.15) is 59.8 Å². The Hall–Kier alpha value is -2.99. The van der Waals surface area contributed by atoms with Crippen molar-refractivity contribution in [2.45, 2.75) is 65.9 Å². The first-order chi connectivity index (χ1) is 16.1. The van der Waals surface area contributed by atoms with Crippen LogP contribution in [0.4, 0.5) is 0 Å². The number of nitrogens with one attached hydrogen (secondary N) is 2. The van der Waals surface area contributed by atoms with E-state index in [4.69, 9.17) is 0 Å². The standard InChI is InChI=1S/C28H38N2O4/c1-6-14-29-26-22-16-19(3)12-13-24(31)21(5)15-18(2)10-8-7-9-11-20(4)28(34)30-23(27(22)33)17-25(26)32/h6-7,9,11,15,17,19,21,24,29,31H,1,8,10,12-14,16H2,2-5H3,(H,30,34)/b9-7-,18-15+,20-11+/t19-,21-,24-/m0/s1. The van der Waals surface area contributed by atoms with E-state index in [1.54, 1.807) is 19.1 Å². The number of carbonyl (C=O) groups is 3. The number of Topliss-reactive ketones (excluding diaryl/α,β-unsaturated/α-hetero) is 1. The van der Waals surface area contributed by atoms with Crippen molar-refractivity contribution in [1.82, 2.24) is 10.6 Å². The molecular formula is C28H38N2O4. The highest BCUT2D eigenvalue weighted by atomic mass is 16.3. The molecule has 2 aliphatic rings. The zero-order valence-corrected chi connectivity index (χ0v) is 20.8. The third-order valence-corrected chi connectivity index (χ3v) is 6.22. The van der Waals surface area contributed by atoms with E-state index < -0.39 is 12.0 Å². The van der Waals surface area contributed by atoms with E-state index in [1.807, 2.05) is 26.0 Å². The SMILES string of the molecule is C=CCNC1=C2C[C@@H](C)CC[C@H](O)[C@@H](C)/C=C(\C)CC/C=C\C=C(/C)C(=O)NC(=CC1=O)C2=O. The van der Waals surface area contributed by atoms with Crippen LogP contribution in [0.2, 0.25) is 0 Å². The minimum atomic E-state index is -0.480. The van der Waals surface area contributed by atoms with Crippen LogP contribution in [0.25, 0.3) is 0 Å². The molecule has 1 amide bonds. The lowest BCUT2D eigenvalue weighted by molar-refractivity contribution is -0.120. The van der Waals surface area contributed by atoms with Gasteiger partial charge >= 0.3 is 0 Å². The minimum absolute atomic E-state index is 0.00974. The summed E-state index contributed by atoms with van der Waals surface area (Å²) >= 11 is 0. The topological polar surface area (TPSA) is 95.5 Å². The molecule has 0 radical (unpaired) electrons. The summed E-state index contributed by atoms with van der Waals surface area (Å²) in [4.78, 5) is 38.8. The molecule has 0 saturated heterocycles. The molecule has 0 aromatic carbocycles. The van der Waals surface area contributed by atoms with Gasteiger partial charge in [-0.15, -0.1) is 6.58 Å². The molecule has 1 heterocycles. The van der Waals surface area contributed by atoms with Crippen LogP contribution < -0.4 is 10.6 Å². The second-order valence-corrected chi connectivity index (χ2v) is 9.37. The summed E-state index contributed by atoms with van der Waals surface area (Å²) in [5.41, 5.74) is 2.25. The van der Waals surface area contributed by atoms with Crippen molar-refractivity contribution in [2.24, 2.45) is 11.8 Å². The molecule has 1 aliphatic heterocycles. The van der Waals surface area contributed by atoms with Gasteiger partial charge in [-0.2, -0.15) is 0 Å². The molecule has 6 heteroatoms. The Balaban J connectivity index is 2.39. The smallest absolute Gasteiger partial charge is 0.251 e. The summed E-state index contributed by atoms with van der Waals surface area (Å²) in [7, 11) is 0. The third-order valence-electron chi connectivity index (χ3n) is 6.22. The molecule has 2 rings (SSSR count). The summed E-state index contributed by atoms with van der Waals surface area (Å²) < 4.78 is 0. The fraction of sp³-hybridized carbons (Fsp3) is 0.464. The van der Waals surface area contributed by atoms with Crippen LogP contribution in [0.15, 0.2) is 71.1 Å². The normalized spacial score (nSPS) is 29.9.